The van der Waals surface area contributed by atoms with Crippen molar-refractivity contribution in [2.24, 2.45) is 0 Å². The van der Waals surface area contributed by atoms with Gasteiger partial charge in [0.05, 0.1) is 7.11 Å². The van der Waals surface area contributed by atoms with Crippen LogP contribution in [0.15, 0.2) is 41.1 Å². The van der Waals surface area contributed by atoms with E-state index in [1.165, 1.54) is 6.07 Å². The van der Waals surface area contributed by atoms with Gasteiger partial charge >= 0.3 is 6.55 Å². The predicted octanol–water partition coefficient (Wildman–Crippen LogP) is 2.83. The van der Waals surface area contributed by atoms with Crippen LogP contribution in [-0.2, 0) is 0 Å². The number of nitrogens with one attached hydrogen (secondary N) is 1. The fraction of sp³-hybridized carbons (Fsp3) is 0.250. The maximum Gasteiger partial charge on any atom is 0.333 e. The van der Waals surface area contributed by atoms with Crippen LogP contribution in [0.5, 0.6) is 5.75 Å². The van der Waals surface area contributed by atoms with Gasteiger partial charge in [-0.3, -0.25) is 4.79 Å². The molecule has 0 bridgehead atoms. The molecule has 1 N–H and O–H groups in total. The van der Waals surface area contributed by atoms with Crippen molar-refractivity contribution in [3.8, 4) is 17.1 Å². The first kappa shape index (κ1) is 17.5. The number of methoxy groups -OCH3 is 1. The van der Waals surface area contributed by atoms with Gasteiger partial charge in [0.2, 0.25) is 11.7 Å². The van der Waals surface area contributed by atoms with E-state index in [1.54, 1.807) is 38.3 Å². The van der Waals surface area contributed by atoms with E-state index in [-0.39, 0.29) is 11.6 Å². The number of benzene rings is 1. The Morgan fingerprint density at radius 1 is 1.27 bits per heavy atom. The molecule has 1 unspecified atom stereocenters. The van der Waals surface area contributed by atoms with Crippen molar-refractivity contribution in [1.82, 2.24) is 25.2 Å². The van der Waals surface area contributed by atoms with Crippen molar-refractivity contribution in [3.63, 3.8) is 0 Å². The summed E-state index contributed by atoms with van der Waals surface area (Å²) in [5.74, 6) is 0.602. The minimum Gasteiger partial charge on any atom is -0.497 e. The molecule has 0 spiro atoms. The molecule has 1 amide bonds. The molecule has 10 heteroatoms. The van der Waals surface area contributed by atoms with E-state index in [0.29, 0.717) is 16.3 Å². The lowest BCUT2D eigenvalue weighted by Crippen LogP contribution is -2.27. The zero-order chi connectivity index (χ0) is 18.7. The number of alkyl halides is 2. The summed E-state index contributed by atoms with van der Waals surface area (Å²) in [5, 5.41) is 9.95. The van der Waals surface area contributed by atoms with Crippen LogP contribution in [0.2, 0.25) is 0 Å². The Kier molecular flexibility index (Phi) is 4.92. The van der Waals surface area contributed by atoms with Gasteiger partial charge < -0.3 is 14.6 Å². The average molecular weight is 363 g/mol. The third-order valence-corrected chi connectivity index (χ3v) is 3.55. The average Bonchev–Trinajstić information content (AvgIpc) is 3.31. The van der Waals surface area contributed by atoms with Crippen molar-refractivity contribution in [1.29, 1.82) is 0 Å². The van der Waals surface area contributed by atoms with E-state index in [4.69, 9.17) is 9.26 Å². The Labute approximate surface area is 146 Å². The Hall–Kier alpha value is -3.30. The number of aromatic nitrogens is 4. The predicted molar refractivity (Wildman–Crippen MR) is 85.6 cm³/mol. The van der Waals surface area contributed by atoms with Gasteiger partial charge in [0, 0.05) is 11.8 Å². The first-order valence-corrected chi connectivity index (χ1v) is 7.60. The van der Waals surface area contributed by atoms with Crippen LogP contribution in [-0.4, -0.2) is 32.9 Å². The molecule has 3 aromatic rings. The summed E-state index contributed by atoms with van der Waals surface area (Å²) in [5.41, 5.74) is 0.585. The van der Waals surface area contributed by atoms with E-state index in [2.05, 4.69) is 20.6 Å². The van der Waals surface area contributed by atoms with Crippen LogP contribution in [0.1, 0.15) is 35.9 Å². The van der Waals surface area contributed by atoms with Crippen molar-refractivity contribution < 1.29 is 22.8 Å². The lowest BCUT2D eigenvalue weighted by atomic mass is 10.2. The van der Waals surface area contributed by atoms with E-state index in [0.717, 1.165) is 11.8 Å². The minimum atomic E-state index is -2.81. The lowest BCUT2D eigenvalue weighted by Gasteiger charge is -2.07. The first-order valence-electron chi connectivity index (χ1n) is 7.60. The van der Waals surface area contributed by atoms with Gasteiger partial charge in [-0.2, -0.15) is 18.9 Å². The van der Waals surface area contributed by atoms with Crippen LogP contribution in [0.25, 0.3) is 11.4 Å². The Morgan fingerprint density at radius 3 is 2.62 bits per heavy atom. The van der Waals surface area contributed by atoms with E-state index >= 15 is 0 Å². The first-order chi connectivity index (χ1) is 12.5. The van der Waals surface area contributed by atoms with E-state index in [9.17, 15) is 13.6 Å². The summed E-state index contributed by atoms with van der Waals surface area (Å²) < 4.78 is 35.7. The van der Waals surface area contributed by atoms with Crippen LogP contribution in [0.4, 0.5) is 8.78 Å². The number of amides is 1. The zero-order valence-corrected chi connectivity index (χ0v) is 13.9. The molecule has 0 saturated heterocycles. The normalized spacial score (nSPS) is 12.2. The van der Waals surface area contributed by atoms with Gasteiger partial charge in [0.15, 0.2) is 0 Å². The number of rotatable bonds is 6. The maximum absolute atomic E-state index is 12.5. The summed E-state index contributed by atoms with van der Waals surface area (Å²) in [6.07, 6.45) is 1.03. The second kappa shape index (κ2) is 7.30. The standard InChI is InChI=1S/C16H15F2N5O3/c1-9(19-14(24)12-7-8-23(21-12)16(17)18)15-20-13(22-26-15)10-3-5-11(25-2)6-4-10/h3-9,16H,1-2H3,(H,19,24). The third kappa shape index (κ3) is 3.68. The van der Waals surface area contributed by atoms with Gasteiger partial charge in [-0.25, -0.2) is 4.68 Å². The molecular weight excluding hydrogens is 348 g/mol. The van der Waals surface area contributed by atoms with E-state index in [1.807, 2.05) is 0 Å². The molecule has 0 saturated carbocycles. The minimum absolute atomic E-state index is 0.132. The molecule has 0 aliphatic rings. The van der Waals surface area contributed by atoms with Crippen LogP contribution < -0.4 is 10.1 Å². The maximum atomic E-state index is 12.5. The van der Waals surface area contributed by atoms with Gasteiger partial charge in [0.1, 0.15) is 17.5 Å². The molecule has 0 radical (unpaired) electrons. The topological polar surface area (TPSA) is 95.1 Å². The molecule has 8 nitrogen and oxygen atoms in total. The van der Waals surface area contributed by atoms with Gasteiger partial charge in [0.25, 0.3) is 5.91 Å². The summed E-state index contributed by atoms with van der Waals surface area (Å²) in [6.45, 7) is -1.18. The van der Waals surface area contributed by atoms with Crippen molar-refractivity contribution >= 4 is 5.91 Å². The number of hydrogen-bond acceptors (Lipinski definition) is 6. The third-order valence-electron chi connectivity index (χ3n) is 3.55. The number of halogens is 2. The van der Waals surface area contributed by atoms with Crippen LogP contribution >= 0.6 is 0 Å². The number of carbonyl (C=O) groups excluding carboxylic acids is 1. The number of carbonyl (C=O) groups is 1. The molecule has 1 aromatic carbocycles. The van der Waals surface area contributed by atoms with Gasteiger partial charge in [-0.05, 0) is 37.3 Å². The fourth-order valence-corrected chi connectivity index (χ4v) is 2.17. The molecule has 26 heavy (non-hydrogen) atoms. The summed E-state index contributed by atoms with van der Waals surface area (Å²) >= 11 is 0. The highest BCUT2D eigenvalue weighted by atomic mass is 19.3. The number of hydrogen-bond donors (Lipinski definition) is 1. The largest absolute Gasteiger partial charge is 0.497 e. The molecule has 0 aliphatic heterocycles. The monoisotopic (exact) mass is 363 g/mol. The van der Waals surface area contributed by atoms with Crippen LogP contribution in [0, 0.1) is 0 Å². The SMILES string of the molecule is COc1ccc(-c2noc(C(C)NC(=O)c3ccn(C(F)F)n3)n2)cc1. The summed E-state index contributed by atoms with van der Waals surface area (Å²) in [4.78, 5) is 16.3. The molecule has 3 rings (SSSR count). The quantitative estimate of drug-likeness (QED) is 0.724. The van der Waals surface area contributed by atoms with E-state index < -0.39 is 18.5 Å². The van der Waals surface area contributed by atoms with Crippen LogP contribution in [0.3, 0.4) is 0 Å². The molecule has 2 aromatic heterocycles. The molecule has 0 fully saturated rings. The molecule has 136 valence electrons. The Morgan fingerprint density at radius 2 is 2.00 bits per heavy atom. The zero-order valence-electron chi connectivity index (χ0n) is 13.9. The highest BCUT2D eigenvalue weighted by Crippen LogP contribution is 2.21. The van der Waals surface area contributed by atoms with Crippen molar-refractivity contribution in [2.45, 2.75) is 19.5 Å². The lowest BCUT2D eigenvalue weighted by molar-refractivity contribution is 0.0559. The second-order valence-corrected chi connectivity index (χ2v) is 5.34. The second-order valence-electron chi connectivity index (χ2n) is 5.34. The molecular formula is C16H15F2N5O3. The highest BCUT2D eigenvalue weighted by Gasteiger charge is 2.20. The Balaban J connectivity index is 1.68. The van der Waals surface area contributed by atoms with Crippen molar-refractivity contribution in [3.05, 3.63) is 48.1 Å². The highest BCUT2D eigenvalue weighted by molar-refractivity contribution is 5.92. The molecule has 2 heterocycles. The van der Waals surface area contributed by atoms with Crippen molar-refractivity contribution in [2.75, 3.05) is 7.11 Å². The summed E-state index contributed by atoms with van der Waals surface area (Å²) in [6, 6.07) is 7.64. The smallest absolute Gasteiger partial charge is 0.333 e. The molecule has 0 aliphatic carbocycles. The Bertz CT molecular complexity index is 891. The number of ether oxygens (including phenoxy) is 1. The van der Waals surface area contributed by atoms with Gasteiger partial charge in [-0.15, -0.1) is 0 Å². The fourth-order valence-electron chi connectivity index (χ4n) is 2.17. The number of nitrogens with zero attached hydrogens (tertiary/aromatic N) is 4. The van der Waals surface area contributed by atoms with Gasteiger partial charge in [-0.1, -0.05) is 5.16 Å². The molecule has 1 atom stereocenters. The summed E-state index contributed by atoms with van der Waals surface area (Å²) in [7, 11) is 1.57.